The molecule has 96 valence electrons. The number of aliphatic hydroxyl groups is 1. The second-order valence-electron chi connectivity index (χ2n) is 3.39. The van der Waals surface area contributed by atoms with Gasteiger partial charge in [0, 0.05) is 0 Å². The van der Waals surface area contributed by atoms with Crippen LogP contribution >= 0.6 is 23.2 Å². The zero-order valence-corrected chi connectivity index (χ0v) is 11.1. The average molecular weight is 302 g/mol. The molecule has 1 unspecified atom stereocenters. The molecule has 0 amide bonds. The fraction of sp³-hybridized carbons (Fsp3) is 0.333. The highest BCUT2D eigenvalue weighted by Gasteiger charge is 2.20. The van der Waals surface area contributed by atoms with E-state index < -0.39 is 27.7 Å². The highest BCUT2D eigenvalue weighted by atomic mass is 35.5. The van der Waals surface area contributed by atoms with Crippen molar-refractivity contribution in [2.75, 3.05) is 11.3 Å². The molecule has 1 aromatic carbocycles. The van der Waals surface area contributed by atoms with E-state index in [1.165, 1.54) is 6.92 Å². The van der Waals surface area contributed by atoms with Crippen LogP contribution in [0.5, 0.6) is 0 Å². The lowest BCUT2D eigenvalue weighted by Crippen LogP contribution is -2.28. The molecule has 0 radical (unpaired) electrons. The van der Waals surface area contributed by atoms with Gasteiger partial charge in [0.1, 0.15) is 5.25 Å². The van der Waals surface area contributed by atoms with Gasteiger partial charge in [-0.2, -0.15) is 0 Å². The molecule has 0 aliphatic rings. The van der Waals surface area contributed by atoms with Crippen LogP contribution in [0.4, 0.5) is 10.1 Å². The molecular formula is C9H10Cl2FNO3S. The number of sulfonamides is 1. The summed E-state index contributed by atoms with van der Waals surface area (Å²) in [5.74, 6) is -0.813. The Labute approximate surface area is 108 Å². The van der Waals surface area contributed by atoms with Crippen molar-refractivity contribution in [3.05, 3.63) is 28.0 Å². The number of rotatable bonds is 4. The van der Waals surface area contributed by atoms with Crippen molar-refractivity contribution >= 4 is 38.9 Å². The first-order valence-corrected chi connectivity index (χ1v) is 6.85. The molecule has 1 rings (SSSR count). The molecule has 0 aliphatic heterocycles. The fourth-order valence-corrected chi connectivity index (χ4v) is 2.31. The first kappa shape index (κ1) is 14.5. The Bertz CT molecular complexity index is 498. The summed E-state index contributed by atoms with van der Waals surface area (Å²) in [5, 5.41) is 7.20. The van der Waals surface area contributed by atoms with Gasteiger partial charge >= 0.3 is 0 Å². The first-order valence-electron chi connectivity index (χ1n) is 4.55. The van der Waals surface area contributed by atoms with Gasteiger partial charge in [0.15, 0.2) is 5.82 Å². The Kier molecular flexibility index (Phi) is 4.60. The predicted molar refractivity (Wildman–Crippen MR) is 65.5 cm³/mol. The summed E-state index contributed by atoms with van der Waals surface area (Å²) in [4.78, 5) is 0. The highest BCUT2D eigenvalue weighted by Crippen LogP contribution is 2.28. The molecule has 2 N–H and O–H groups in total. The number of hydrogen-bond acceptors (Lipinski definition) is 3. The summed E-state index contributed by atoms with van der Waals surface area (Å²) in [5.41, 5.74) is 0.0432. The number of nitrogens with one attached hydrogen (secondary N) is 1. The van der Waals surface area contributed by atoms with Crippen molar-refractivity contribution in [3.8, 4) is 0 Å². The van der Waals surface area contributed by atoms with E-state index in [0.29, 0.717) is 0 Å². The van der Waals surface area contributed by atoms with E-state index in [-0.39, 0.29) is 15.7 Å². The molecule has 1 atom stereocenters. The molecule has 17 heavy (non-hydrogen) atoms. The summed E-state index contributed by atoms with van der Waals surface area (Å²) in [7, 11) is -3.75. The van der Waals surface area contributed by atoms with Crippen LogP contribution in [0.1, 0.15) is 6.92 Å². The van der Waals surface area contributed by atoms with Crippen LogP contribution in [0.3, 0.4) is 0 Å². The molecule has 4 nitrogen and oxygen atoms in total. The zero-order valence-electron chi connectivity index (χ0n) is 8.75. The van der Waals surface area contributed by atoms with E-state index in [0.717, 1.165) is 12.1 Å². The maximum absolute atomic E-state index is 13.1. The topological polar surface area (TPSA) is 66.4 Å². The highest BCUT2D eigenvalue weighted by molar-refractivity contribution is 7.93. The Balaban J connectivity index is 3.05. The third-order valence-corrected chi connectivity index (χ3v) is 4.31. The lowest BCUT2D eigenvalue weighted by atomic mass is 10.3. The molecule has 0 fully saturated rings. The number of aliphatic hydroxyl groups excluding tert-OH is 1. The molecule has 0 saturated heterocycles. The fourth-order valence-electron chi connectivity index (χ4n) is 0.977. The van der Waals surface area contributed by atoms with Crippen LogP contribution in [-0.4, -0.2) is 25.4 Å². The van der Waals surface area contributed by atoms with Crippen LogP contribution in [-0.2, 0) is 10.0 Å². The molecule has 1 aromatic rings. The lowest BCUT2D eigenvalue weighted by Gasteiger charge is -2.13. The Hall–Kier alpha value is -0.560. The van der Waals surface area contributed by atoms with Crippen molar-refractivity contribution < 1.29 is 17.9 Å². The molecule has 8 heteroatoms. The van der Waals surface area contributed by atoms with Gasteiger partial charge in [-0.1, -0.05) is 23.2 Å². The van der Waals surface area contributed by atoms with Crippen molar-refractivity contribution in [1.29, 1.82) is 0 Å². The van der Waals surface area contributed by atoms with Gasteiger partial charge < -0.3 is 5.11 Å². The third-order valence-electron chi connectivity index (χ3n) is 2.03. The Morgan fingerprint density at radius 2 is 1.88 bits per heavy atom. The first-order chi connectivity index (χ1) is 7.77. The molecule has 0 bridgehead atoms. The van der Waals surface area contributed by atoms with Gasteiger partial charge in [0.25, 0.3) is 0 Å². The predicted octanol–water partition coefficient (Wildman–Crippen LogP) is 2.25. The zero-order chi connectivity index (χ0) is 13.2. The molecule has 0 saturated carbocycles. The molecule has 0 heterocycles. The van der Waals surface area contributed by atoms with E-state index in [2.05, 4.69) is 4.72 Å². The number of hydrogen-bond donors (Lipinski definition) is 2. The third kappa shape index (κ3) is 3.45. The minimum Gasteiger partial charge on any atom is -0.395 e. The van der Waals surface area contributed by atoms with Crippen molar-refractivity contribution in [3.63, 3.8) is 0 Å². The maximum atomic E-state index is 13.1. The van der Waals surface area contributed by atoms with Gasteiger partial charge in [-0.15, -0.1) is 0 Å². The normalized spacial score (nSPS) is 13.5. The van der Waals surface area contributed by atoms with Crippen LogP contribution in [0.2, 0.25) is 10.0 Å². The maximum Gasteiger partial charge on any atom is 0.237 e. The number of benzene rings is 1. The van der Waals surface area contributed by atoms with Gasteiger partial charge in [-0.25, -0.2) is 12.8 Å². The SMILES string of the molecule is CC(CO)S(=O)(=O)Nc1cc(Cl)c(F)c(Cl)c1. The molecule has 0 aliphatic carbocycles. The van der Waals surface area contributed by atoms with E-state index >= 15 is 0 Å². The molecular weight excluding hydrogens is 292 g/mol. The smallest absolute Gasteiger partial charge is 0.237 e. The summed E-state index contributed by atoms with van der Waals surface area (Å²) in [6.07, 6.45) is 0. The van der Waals surface area contributed by atoms with Crippen molar-refractivity contribution in [1.82, 2.24) is 0 Å². The standard InChI is InChI=1S/C9H10Cl2FNO3S/c1-5(4-14)17(15,16)13-6-2-7(10)9(12)8(11)3-6/h2-3,5,13-14H,4H2,1H3. The Morgan fingerprint density at radius 1 is 1.41 bits per heavy atom. The van der Waals surface area contributed by atoms with Crippen LogP contribution in [0, 0.1) is 5.82 Å². The van der Waals surface area contributed by atoms with Gasteiger partial charge in [0.2, 0.25) is 10.0 Å². The summed E-state index contributed by atoms with van der Waals surface area (Å²) in [6.45, 7) is 0.799. The summed E-state index contributed by atoms with van der Waals surface area (Å²) in [6, 6.07) is 2.20. The van der Waals surface area contributed by atoms with Gasteiger partial charge in [-0.3, -0.25) is 4.72 Å². The van der Waals surface area contributed by atoms with Gasteiger partial charge in [0.05, 0.1) is 22.3 Å². The summed E-state index contributed by atoms with van der Waals surface area (Å²) < 4.78 is 38.4. The lowest BCUT2D eigenvalue weighted by molar-refractivity contribution is 0.296. The second-order valence-corrected chi connectivity index (χ2v) is 6.31. The van der Waals surface area contributed by atoms with Gasteiger partial charge in [-0.05, 0) is 19.1 Å². The largest absolute Gasteiger partial charge is 0.395 e. The Morgan fingerprint density at radius 3 is 2.29 bits per heavy atom. The van der Waals surface area contributed by atoms with E-state index in [9.17, 15) is 12.8 Å². The average Bonchev–Trinajstić information content (AvgIpc) is 2.24. The number of anilines is 1. The second kappa shape index (κ2) is 5.39. The van der Waals surface area contributed by atoms with Crippen LogP contribution in [0.25, 0.3) is 0 Å². The van der Waals surface area contributed by atoms with Crippen molar-refractivity contribution in [2.24, 2.45) is 0 Å². The molecule has 0 spiro atoms. The minimum absolute atomic E-state index is 0.0432. The van der Waals surface area contributed by atoms with E-state index in [1.54, 1.807) is 0 Å². The molecule has 0 aromatic heterocycles. The summed E-state index contributed by atoms with van der Waals surface area (Å²) >= 11 is 11.0. The van der Waals surface area contributed by atoms with Crippen molar-refractivity contribution in [2.45, 2.75) is 12.2 Å². The quantitative estimate of drug-likeness (QED) is 0.838. The minimum atomic E-state index is -3.75. The van der Waals surface area contributed by atoms with E-state index in [4.69, 9.17) is 28.3 Å². The van der Waals surface area contributed by atoms with E-state index in [1.807, 2.05) is 0 Å². The monoisotopic (exact) mass is 301 g/mol. The van der Waals surface area contributed by atoms with Crippen LogP contribution in [0.15, 0.2) is 12.1 Å². The van der Waals surface area contributed by atoms with Crippen LogP contribution < -0.4 is 4.72 Å². The number of halogens is 3.